The van der Waals surface area contributed by atoms with Crippen LogP contribution in [-0.2, 0) is 13.0 Å². The van der Waals surface area contributed by atoms with Gasteiger partial charge in [-0.3, -0.25) is 4.98 Å². The molecule has 0 spiro atoms. The minimum absolute atomic E-state index is 0.403. The minimum atomic E-state index is 0.403. The summed E-state index contributed by atoms with van der Waals surface area (Å²) in [5.41, 5.74) is 2.18. The molecular formula is C14H18N4O. The van der Waals surface area contributed by atoms with E-state index in [4.69, 9.17) is 4.74 Å². The molecule has 100 valence electrons. The molecule has 5 nitrogen and oxygen atoms in total. The van der Waals surface area contributed by atoms with E-state index in [1.807, 2.05) is 24.4 Å². The molecular weight excluding hydrogens is 240 g/mol. The van der Waals surface area contributed by atoms with Crippen LogP contribution in [0.1, 0.15) is 11.3 Å². The highest BCUT2D eigenvalue weighted by Gasteiger charge is 2.03. The lowest BCUT2D eigenvalue weighted by Gasteiger charge is -2.15. The Morgan fingerprint density at radius 1 is 1.16 bits per heavy atom. The lowest BCUT2D eigenvalue weighted by atomic mass is 10.2. The second-order valence-electron chi connectivity index (χ2n) is 4.39. The minimum Gasteiger partial charge on any atom is -0.467 e. The van der Waals surface area contributed by atoms with Gasteiger partial charge in [0.2, 0.25) is 0 Å². The van der Waals surface area contributed by atoms with Gasteiger partial charge in [0, 0.05) is 49.4 Å². The first-order valence-corrected chi connectivity index (χ1v) is 6.21. The molecule has 0 saturated heterocycles. The Labute approximate surface area is 113 Å². The lowest BCUT2D eigenvalue weighted by molar-refractivity contribution is 0.327. The van der Waals surface area contributed by atoms with Crippen LogP contribution in [0.5, 0.6) is 6.01 Å². The maximum atomic E-state index is 4.94. The number of ether oxygens (including phenoxy) is 1. The van der Waals surface area contributed by atoms with Gasteiger partial charge in [0.15, 0.2) is 0 Å². The predicted molar refractivity (Wildman–Crippen MR) is 72.9 cm³/mol. The van der Waals surface area contributed by atoms with Gasteiger partial charge >= 0.3 is 6.01 Å². The highest BCUT2D eigenvalue weighted by Crippen LogP contribution is 2.05. The van der Waals surface area contributed by atoms with Crippen LogP contribution in [0, 0.1) is 0 Å². The maximum absolute atomic E-state index is 4.94. The smallest absolute Gasteiger partial charge is 0.316 e. The van der Waals surface area contributed by atoms with Crippen molar-refractivity contribution in [2.75, 3.05) is 20.7 Å². The molecule has 0 N–H and O–H groups in total. The third-order valence-corrected chi connectivity index (χ3v) is 2.79. The zero-order chi connectivity index (χ0) is 13.5. The van der Waals surface area contributed by atoms with Crippen molar-refractivity contribution in [3.63, 3.8) is 0 Å². The zero-order valence-electron chi connectivity index (χ0n) is 11.3. The molecule has 2 aromatic rings. The molecule has 0 amide bonds. The van der Waals surface area contributed by atoms with E-state index in [-0.39, 0.29) is 0 Å². The van der Waals surface area contributed by atoms with E-state index in [1.54, 1.807) is 19.5 Å². The summed E-state index contributed by atoms with van der Waals surface area (Å²) >= 11 is 0. The molecule has 0 aliphatic rings. The van der Waals surface area contributed by atoms with E-state index in [9.17, 15) is 0 Å². The highest BCUT2D eigenvalue weighted by atomic mass is 16.5. The molecule has 0 aromatic carbocycles. The molecule has 5 heteroatoms. The van der Waals surface area contributed by atoms with Crippen molar-refractivity contribution in [2.45, 2.75) is 13.0 Å². The fourth-order valence-corrected chi connectivity index (χ4v) is 1.77. The fourth-order valence-electron chi connectivity index (χ4n) is 1.77. The van der Waals surface area contributed by atoms with Crippen LogP contribution in [0.25, 0.3) is 0 Å². The molecule has 0 aliphatic carbocycles. The van der Waals surface area contributed by atoms with Gasteiger partial charge in [0.25, 0.3) is 0 Å². The molecule has 0 bridgehead atoms. The van der Waals surface area contributed by atoms with Gasteiger partial charge in [0.05, 0.1) is 7.11 Å². The lowest BCUT2D eigenvalue weighted by Crippen LogP contribution is -2.21. The van der Waals surface area contributed by atoms with E-state index >= 15 is 0 Å². The van der Waals surface area contributed by atoms with Gasteiger partial charge in [-0.2, -0.15) is 0 Å². The molecule has 2 rings (SSSR count). The maximum Gasteiger partial charge on any atom is 0.316 e. The summed E-state index contributed by atoms with van der Waals surface area (Å²) in [5.74, 6) is 0. The van der Waals surface area contributed by atoms with E-state index in [2.05, 4.69) is 26.9 Å². The Morgan fingerprint density at radius 2 is 1.95 bits per heavy atom. The molecule has 19 heavy (non-hydrogen) atoms. The quantitative estimate of drug-likeness (QED) is 0.787. The highest BCUT2D eigenvalue weighted by molar-refractivity contribution is 5.07. The van der Waals surface area contributed by atoms with Crippen LogP contribution in [0.2, 0.25) is 0 Å². The molecule has 2 aromatic heterocycles. The Kier molecular flexibility index (Phi) is 4.80. The van der Waals surface area contributed by atoms with Crippen molar-refractivity contribution in [1.29, 1.82) is 0 Å². The first-order valence-electron chi connectivity index (χ1n) is 6.21. The Bertz CT molecular complexity index is 487. The number of likely N-dealkylation sites (N-methyl/N-ethyl adjacent to an activating group) is 1. The number of pyridine rings is 1. The largest absolute Gasteiger partial charge is 0.467 e. The second kappa shape index (κ2) is 6.80. The first kappa shape index (κ1) is 13.4. The van der Waals surface area contributed by atoms with Gasteiger partial charge in [0.1, 0.15) is 0 Å². The van der Waals surface area contributed by atoms with Crippen molar-refractivity contribution in [2.24, 2.45) is 0 Å². The Morgan fingerprint density at radius 3 is 2.58 bits per heavy atom. The molecule has 0 fully saturated rings. The van der Waals surface area contributed by atoms with Gasteiger partial charge in [-0.1, -0.05) is 6.07 Å². The van der Waals surface area contributed by atoms with Crippen molar-refractivity contribution < 1.29 is 4.74 Å². The fraction of sp³-hybridized carbons (Fsp3) is 0.357. The Balaban J connectivity index is 1.82. The number of nitrogens with zero attached hydrogens (tertiary/aromatic N) is 4. The third kappa shape index (κ3) is 4.30. The second-order valence-corrected chi connectivity index (χ2v) is 4.39. The van der Waals surface area contributed by atoms with Crippen LogP contribution in [0.4, 0.5) is 0 Å². The number of hydrogen-bond acceptors (Lipinski definition) is 5. The Hall–Kier alpha value is -2.01. The van der Waals surface area contributed by atoms with E-state index in [0.717, 1.165) is 30.8 Å². The molecule has 0 aliphatic heterocycles. The van der Waals surface area contributed by atoms with Crippen molar-refractivity contribution in [3.8, 4) is 6.01 Å². The zero-order valence-corrected chi connectivity index (χ0v) is 11.3. The van der Waals surface area contributed by atoms with Gasteiger partial charge < -0.3 is 9.64 Å². The number of hydrogen-bond donors (Lipinski definition) is 0. The number of aromatic nitrogens is 3. The summed E-state index contributed by atoms with van der Waals surface area (Å²) in [6.45, 7) is 1.76. The summed E-state index contributed by atoms with van der Waals surface area (Å²) < 4.78 is 4.94. The molecule has 2 heterocycles. The van der Waals surface area contributed by atoms with Crippen molar-refractivity contribution >= 4 is 0 Å². The van der Waals surface area contributed by atoms with Crippen LogP contribution in [-0.4, -0.2) is 40.6 Å². The summed E-state index contributed by atoms with van der Waals surface area (Å²) in [5, 5.41) is 0. The summed E-state index contributed by atoms with van der Waals surface area (Å²) in [6, 6.07) is 6.39. The van der Waals surface area contributed by atoms with E-state index in [0.29, 0.717) is 6.01 Å². The van der Waals surface area contributed by atoms with Crippen LogP contribution in [0.3, 0.4) is 0 Å². The van der Waals surface area contributed by atoms with Crippen molar-refractivity contribution in [1.82, 2.24) is 19.9 Å². The van der Waals surface area contributed by atoms with E-state index in [1.165, 1.54) is 0 Å². The monoisotopic (exact) mass is 258 g/mol. The molecule has 0 atom stereocenters. The molecule has 0 unspecified atom stereocenters. The van der Waals surface area contributed by atoms with Crippen LogP contribution >= 0.6 is 0 Å². The van der Waals surface area contributed by atoms with Gasteiger partial charge in [-0.05, 0) is 19.2 Å². The number of methoxy groups -OCH3 is 1. The third-order valence-electron chi connectivity index (χ3n) is 2.79. The van der Waals surface area contributed by atoms with E-state index < -0.39 is 0 Å². The summed E-state index contributed by atoms with van der Waals surface area (Å²) in [4.78, 5) is 14.7. The normalized spacial score (nSPS) is 10.7. The average Bonchev–Trinajstić information content (AvgIpc) is 2.47. The van der Waals surface area contributed by atoms with Gasteiger partial charge in [-0.15, -0.1) is 0 Å². The van der Waals surface area contributed by atoms with Crippen LogP contribution in [0.15, 0.2) is 36.8 Å². The topological polar surface area (TPSA) is 51.1 Å². The number of rotatable bonds is 6. The SMILES string of the molecule is COc1ncc(CN(C)CCc2ccccn2)cn1. The summed E-state index contributed by atoms with van der Waals surface area (Å²) in [7, 11) is 3.64. The van der Waals surface area contributed by atoms with Crippen LogP contribution < -0.4 is 4.74 Å². The summed E-state index contributed by atoms with van der Waals surface area (Å²) in [6.07, 6.45) is 6.35. The predicted octanol–water partition coefficient (Wildman–Crippen LogP) is 1.55. The average molecular weight is 258 g/mol. The molecule has 0 radical (unpaired) electrons. The van der Waals surface area contributed by atoms with Gasteiger partial charge in [-0.25, -0.2) is 9.97 Å². The first-order chi connectivity index (χ1) is 9.28. The molecule has 0 saturated carbocycles. The van der Waals surface area contributed by atoms with Crippen molar-refractivity contribution in [3.05, 3.63) is 48.0 Å². The standard InChI is InChI=1S/C14H18N4O/c1-18(8-6-13-5-3-4-7-15-13)11-12-9-16-14(19-2)17-10-12/h3-5,7,9-10H,6,8,11H2,1-2H3.